The van der Waals surface area contributed by atoms with Gasteiger partial charge in [-0.3, -0.25) is 0 Å². The Labute approximate surface area is 169 Å². The van der Waals surface area contributed by atoms with Crippen LogP contribution in [0.25, 0.3) is 0 Å². The second kappa shape index (κ2) is 7.03. The molecule has 4 fully saturated rings. The van der Waals surface area contributed by atoms with Gasteiger partial charge in [-0.1, -0.05) is 13.2 Å². The molecule has 4 aliphatic rings. The first kappa shape index (κ1) is 21.1. The summed E-state index contributed by atoms with van der Waals surface area (Å²) >= 11 is 0. The number of rotatable bonds is 7. The molecule has 0 spiro atoms. The number of hydrogen-bond donors (Lipinski definition) is 0. The van der Waals surface area contributed by atoms with Gasteiger partial charge in [-0.25, -0.2) is 9.59 Å². The normalized spacial score (nSPS) is 34.6. The minimum atomic E-state index is -0.524. The highest BCUT2D eigenvalue weighted by molar-refractivity contribution is 5.87. The molecule has 0 N–H and O–H groups in total. The molecule has 4 nitrogen and oxygen atoms in total. The monoisotopic (exact) mass is 388 g/mol. The van der Waals surface area contributed by atoms with Crippen molar-refractivity contribution in [2.24, 2.45) is 22.7 Å². The van der Waals surface area contributed by atoms with Crippen molar-refractivity contribution in [1.29, 1.82) is 0 Å². The van der Waals surface area contributed by atoms with Crippen LogP contribution >= 0.6 is 0 Å². The lowest BCUT2D eigenvalue weighted by Crippen LogP contribution is -2.61. The molecule has 0 radical (unpaired) electrons. The fraction of sp³-hybridized carbons (Fsp3) is 0.750. The number of carbonyl (C=O) groups is 2. The van der Waals surface area contributed by atoms with Gasteiger partial charge in [0.05, 0.1) is 6.10 Å². The van der Waals surface area contributed by atoms with Crippen LogP contribution in [0.2, 0.25) is 0 Å². The molecular weight excluding hydrogens is 352 g/mol. The van der Waals surface area contributed by atoms with E-state index in [9.17, 15) is 9.59 Å². The zero-order valence-electron chi connectivity index (χ0n) is 18.2. The predicted octanol–water partition coefficient (Wildman–Crippen LogP) is 5.37. The van der Waals surface area contributed by atoms with Crippen LogP contribution in [0.5, 0.6) is 0 Å². The first-order valence-corrected chi connectivity index (χ1v) is 10.6. The average molecular weight is 389 g/mol. The molecule has 4 rings (SSSR count). The zero-order chi connectivity index (χ0) is 20.9. The zero-order valence-corrected chi connectivity index (χ0v) is 18.2. The van der Waals surface area contributed by atoms with Crippen LogP contribution in [-0.4, -0.2) is 23.6 Å². The Hall–Kier alpha value is -1.58. The fourth-order valence-electron chi connectivity index (χ4n) is 6.76. The highest BCUT2D eigenvalue weighted by Crippen LogP contribution is 2.69. The third-order valence-electron chi connectivity index (χ3n) is 7.53. The van der Waals surface area contributed by atoms with Gasteiger partial charge >= 0.3 is 11.9 Å². The van der Waals surface area contributed by atoms with Crippen LogP contribution in [0.15, 0.2) is 24.3 Å². The lowest BCUT2D eigenvalue weighted by molar-refractivity contribution is -0.216. The molecule has 0 aromatic heterocycles. The molecule has 4 heteroatoms. The molecule has 0 heterocycles. The van der Waals surface area contributed by atoms with Gasteiger partial charge in [0.25, 0.3) is 0 Å². The largest absolute Gasteiger partial charge is 0.459 e. The molecule has 0 aromatic carbocycles. The summed E-state index contributed by atoms with van der Waals surface area (Å²) in [7, 11) is 0. The van der Waals surface area contributed by atoms with Crippen molar-refractivity contribution >= 4 is 11.9 Å². The maximum absolute atomic E-state index is 12.3. The van der Waals surface area contributed by atoms with E-state index in [1.807, 2.05) is 6.92 Å². The topological polar surface area (TPSA) is 52.6 Å². The highest BCUT2D eigenvalue weighted by atomic mass is 16.6. The van der Waals surface area contributed by atoms with Gasteiger partial charge in [-0.2, -0.15) is 0 Å². The molecule has 0 amide bonds. The Bertz CT molecular complexity index is 687. The van der Waals surface area contributed by atoms with Crippen molar-refractivity contribution in [3.05, 3.63) is 24.3 Å². The van der Waals surface area contributed by atoms with E-state index in [2.05, 4.69) is 27.0 Å². The first-order chi connectivity index (χ1) is 12.9. The summed E-state index contributed by atoms with van der Waals surface area (Å²) in [4.78, 5) is 24.3. The van der Waals surface area contributed by atoms with Gasteiger partial charge in [0.2, 0.25) is 0 Å². The van der Waals surface area contributed by atoms with Crippen LogP contribution < -0.4 is 0 Å². The van der Waals surface area contributed by atoms with E-state index >= 15 is 0 Å². The summed E-state index contributed by atoms with van der Waals surface area (Å²) < 4.78 is 11.6. The van der Waals surface area contributed by atoms with Crippen LogP contribution in [0.4, 0.5) is 0 Å². The van der Waals surface area contributed by atoms with E-state index in [1.165, 1.54) is 19.3 Å². The summed E-state index contributed by atoms with van der Waals surface area (Å²) in [6.45, 7) is 17.0. The minimum Gasteiger partial charge on any atom is -0.459 e. The summed E-state index contributed by atoms with van der Waals surface area (Å²) in [5.74, 6) is 0.752. The van der Waals surface area contributed by atoms with Crippen molar-refractivity contribution in [1.82, 2.24) is 0 Å². The van der Waals surface area contributed by atoms with Crippen LogP contribution in [-0.2, 0) is 19.1 Å². The smallest absolute Gasteiger partial charge is 0.333 e. The van der Waals surface area contributed by atoms with E-state index in [0.717, 1.165) is 25.7 Å². The quantitative estimate of drug-likeness (QED) is 0.435. The molecule has 3 atom stereocenters. The van der Waals surface area contributed by atoms with Crippen molar-refractivity contribution in [2.75, 3.05) is 0 Å². The number of esters is 2. The Morgan fingerprint density at radius 3 is 2.07 bits per heavy atom. The van der Waals surface area contributed by atoms with Gasteiger partial charge in [0.1, 0.15) is 5.60 Å². The minimum absolute atomic E-state index is 0.000274. The molecule has 0 saturated heterocycles. The van der Waals surface area contributed by atoms with Gasteiger partial charge in [0, 0.05) is 16.6 Å². The second-order valence-electron chi connectivity index (χ2n) is 10.6. The lowest BCUT2D eigenvalue weighted by atomic mass is 9.40. The molecule has 4 aliphatic carbocycles. The van der Waals surface area contributed by atoms with E-state index in [0.29, 0.717) is 23.0 Å². The summed E-state index contributed by atoms with van der Waals surface area (Å²) in [6, 6.07) is 0. The SMILES string of the molecule is C=C(C)C(=O)OC(C)CC12CC3CC(C1)CC(C(C)(C)OC(=O)C(=C)C)(C3)C2. The van der Waals surface area contributed by atoms with E-state index < -0.39 is 5.60 Å². The van der Waals surface area contributed by atoms with Gasteiger partial charge in [-0.15, -0.1) is 0 Å². The molecule has 0 aromatic rings. The molecule has 156 valence electrons. The van der Waals surface area contributed by atoms with E-state index in [1.54, 1.807) is 13.8 Å². The summed E-state index contributed by atoms with van der Waals surface area (Å²) in [6.07, 6.45) is 7.73. The summed E-state index contributed by atoms with van der Waals surface area (Å²) in [5, 5.41) is 0. The number of hydrogen-bond acceptors (Lipinski definition) is 4. The van der Waals surface area contributed by atoms with Gasteiger partial charge in [0.15, 0.2) is 0 Å². The van der Waals surface area contributed by atoms with Crippen molar-refractivity contribution in [2.45, 2.75) is 91.3 Å². The van der Waals surface area contributed by atoms with Crippen molar-refractivity contribution < 1.29 is 19.1 Å². The predicted molar refractivity (Wildman–Crippen MR) is 110 cm³/mol. The maximum atomic E-state index is 12.3. The average Bonchev–Trinajstić information content (AvgIpc) is 2.51. The second-order valence-corrected chi connectivity index (χ2v) is 10.6. The maximum Gasteiger partial charge on any atom is 0.333 e. The summed E-state index contributed by atoms with van der Waals surface area (Å²) in [5.41, 5.74) is 0.546. The molecule has 3 unspecified atom stereocenters. The lowest BCUT2D eigenvalue weighted by Gasteiger charge is -2.66. The standard InChI is InChI=1S/C24H36O4/c1-15(2)20(25)27-17(5)9-23-10-18-8-19(11-23)13-24(12-18,14-23)22(6,7)28-21(26)16(3)4/h17-19H,1,3,8-14H2,2,4-7H3. The van der Waals surface area contributed by atoms with Crippen molar-refractivity contribution in [3.8, 4) is 0 Å². The number of carbonyl (C=O) groups excluding carboxylic acids is 2. The molecule has 4 bridgehead atoms. The van der Waals surface area contributed by atoms with Crippen LogP contribution in [0.1, 0.15) is 79.6 Å². The third kappa shape index (κ3) is 3.79. The Balaban J connectivity index is 1.81. The highest BCUT2D eigenvalue weighted by Gasteiger charge is 2.63. The molecule has 4 saturated carbocycles. The molecule has 28 heavy (non-hydrogen) atoms. The Morgan fingerprint density at radius 2 is 1.57 bits per heavy atom. The van der Waals surface area contributed by atoms with E-state index in [-0.39, 0.29) is 28.9 Å². The van der Waals surface area contributed by atoms with E-state index in [4.69, 9.17) is 9.47 Å². The fourth-order valence-corrected chi connectivity index (χ4v) is 6.76. The Morgan fingerprint density at radius 1 is 1.04 bits per heavy atom. The van der Waals surface area contributed by atoms with Gasteiger partial charge in [-0.05, 0) is 96.8 Å². The van der Waals surface area contributed by atoms with Crippen LogP contribution in [0, 0.1) is 22.7 Å². The molecule has 0 aliphatic heterocycles. The number of ether oxygens (including phenoxy) is 2. The van der Waals surface area contributed by atoms with Gasteiger partial charge < -0.3 is 9.47 Å². The van der Waals surface area contributed by atoms with Crippen molar-refractivity contribution in [3.63, 3.8) is 0 Å². The first-order valence-electron chi connectivity index (χ1n) is 10.6. The Kier molecular flexibility index (Phi) is 5.31. The molecular formula is C24H36O4. The van der Waals surface area contributed by atoms with Crippen LogP contribution in [0.3, 0.4) is 0 Å². The third-order valence-corrected chi connectivity index (χ3v) is 7.53.